The van der Waals surface area contributed by atoms with Gasteiger partial charge in [-0.3, -0.25) is 5.01 Å². The van der Waals surface area contributed by atoms with Crippen molar-refractivity contribution in [3.05, 3.63) is 65.3 Å². The first-order valence-corrected chi connectivity index (χ1v) is 13.2. The summed E-state index contributed by atoms with van der Waals surface area (Å²) in [7, 11) is 0. The minimum Gasteiger partial charge on any atom is -0.423 e. The van der Waals surface area contributed by atoms with Crippen LogP contribution in [-0.2, 0) is 0 Å². The summed E-state index contributed by atoms with van der Waals surface area (Å²) in [5, 5.41) is 6.50. The van der Waals surface area contributed by atoms with E-state index in [-0.39, 0.29) is 0 Å². The largest absolute Gasteiger partial charge is 0.423 e. The van der Waals surface area contributed by atoms with Gasteiger partial charge in [0.05, 0.1) is 5.37 Å². The normalized spacial score (nSPS) is 27.9. The third-order valence-electron chi connectivity index (χ3n) is 7.34. The van der Waals surface area contributed by atoms with Crippen LogP contribution in [0.25, 0.3) is 16.0 Å². The topological polar surface area (TPSA) is 35.8 Å². The summed E-state index contributed by atoms with van der Waals surface area (Å²) in [6.07, 6.45) is 6.44. The van der Waals surface area contributed by atoms with Crippen LogP contribution in [0, 0.1) is 17.8 Å². The van der Waals surface area contributed by atoms with Gasteiger partial charge < -0.3 is 9.32 Å². The van der Waals surface area contributed by atoms with Gasteiger partial charge in [0.25, 0.3) is 6.01 Å². The van der Waals surface area contributed by atoms with Gasteiger partial charge in [-0.2, -0.15) is 4.98 Å². The number of rotatable bonds is 4. The Hall–Kier alpha value is -2.15. The van der Waals surface area contributed by atoms with Crippen molar-refractivity contribution in [1.82, 2.24) is 15.0 Å². The molecule has 4 heterocycles. The molecule has 1 aromatic heterocycles. The molecule has 2 aromatic carbocycles. The van der Waals surface area contributed by atoms with Crippen LogP contribution in [0.2, 0.25) is 5.02 Å². The number of aromatic nitrogens is 1. The fraction of sp³-hybridized carbons (Fsp3) is 0.423. The Morgan fingerprint density at radius 1 is 0.970 bits per heavy atom. The second-order valence-electron chi connectivity index (χ2n) is 9.94. The van der Waals surface area contributed by atoms with Crippen LogP contribution >= 0.6 is 23.4 Å². The summed E-state index contributed by atoms with van der Waals surface area (Å²) in [5.74, 6) is 2.06. The molecule has 7 rings (SSSR count). The highest BCUT2D eigenvalue weighted by atomic mass is 35.5. The van der Waals surface area contributed by atoms with Crippen molar-refractivity contribution in [1.29, 1.82) is 0 Å². The summed E-state index contributed by atoms with van der Waals surface area (Å²) in [4.78, 5) is 8.51. The predicted octanol–water partition coefficient (Wildman–Crippen LogP) is 5.94. The number of thioether (sulfide) groups is 1. The number of fused-ring (bicyclic) bond motifs is 3. The van der Waals surface area contributed by atoms with Crippen molar-refractivity contribution in [2.45, 2.75) is 24.6 Å². The molecule has 1 aliphatic carbocycles. The van der Waals surface area contributed by atoms with E-state index in [0.717, 1.165) is 49.2 Å². The molecule has 2 bridgehead atoms. The summed E-state index contributed by atoms with van der Waals surface area (Å²) in [5.41, 5.74) is 3.00. The van der Waals surface area contributed by atoms with E-state index in [9.17, 15) is 0 Å². The van der Waals surface area contributed by atoms with Crippen LogP contribution in [0.5, 0.6) is 0 Å². The number of oxazole rings is 1. The Bertz CT molecular complexity index is 1200. The van der Waals surface area contributed by atoms with Gasteiger partial charge in [-0.25, -0.2) is 5.01 Å². The lowest BCUT2D eigenvalue weighted by molar-refractivity contribution is -0.0509. The Morgan fingerprint density at radius 3 is 2.52 bits per heavy atom. The average molecular weight is 479 g/mol. The van der Waals surface area contributed by atoms with Crippen molar-refractivity contribution in [3.8, 4) is 0 Å². The highest BCUT2D eigenvalue weighted by Crippen LogP contribution is 2.51. The van der Waals surface area contributed by atoms with Gasteiger partial charge in [0.1, 0.15) is 5.52 Å². The summed E-state index contributed by atoms with van der Waals surface area (Å²) < 4.78 is 6.09. The van der Waals surface area contributed by atoms with Gasteiger partial charge in [-0.1, -0.05) is 53.7 Å². The maximum Gasteiger partial charge on any atom is 0.298 e. The van der Waals surface area contributed by atoms with Gasteiger partial charge in [0.15, 0.2) is 5.58 Å². The SMILES string of the molecule is Clc1ccc2oc(N3CC4CC(C3)CN(N3C=C(c5ccccc5)SC3C3CC3)C4)nc2c1. The standard InChI is InChI=1S/C26H27ClN4OS/c27-21-8-9-23-22(11-21)28-26(32-23)29-12-17-10-18(13-29)15-30(14-17)31-16-24(19-4-2-1-3-5-19)33-25(31)20-6-7-20/h1-5,8-9,11,16-18,20,25H,6-7,10,12-15H2. The van der Waals surface area contributed by atoms with Gasteiger partial charge in [0, 0.05) is 42.3 Å². The Morgan fingerprint density at radius 2 is 1.76 bits per heavy atom. The van der Waals surface area contributed by atoms with E-state index in [1.807, 2.05) is 18.2 Å². The highest BCUT2D eigenvalue weighted by Gasteiger charge is 2.44. The molecule has 7 heteroatoms. The zero-order chi connectivity index (χ0) is 21.9. The van der Waals surface area contributed by atoms with Gasteiger partial charge in [-0.05, 0) is 60.8 Å². The highest BCUT2D eigenvalue weighted by molar-refractivity contribution is 8.09. The molecule has 3 atom stereocenters. The lowest BCUT2D eigenvalue weighted by Gasteiger charge is -2.49. The number of hydrogen-bond donors (Lipinski definition) is 0. The van der Waals surface area contributed by atoms with E-state index >= 15 is 0 Å². The molecule has 1 saturated carbocycles. The molecular weight excluding hydrogens is 452 g/mol. The van der Waals surface area contributed by atoms with Crippen molar-refractivity contribution in [2.24, 2.45) is 17.8 Å². The molecule has 0 amide bonds. The number of halogens is 1. The molecule has 4 aliphatic rings. The van der Waals surface area contributed by atoms with Gasteiger partial charge in [-0.15, -0.1) is 0 Å². The van der Waals surface area contributed by atoms with Crippen LogP contribution < -0.4 is 4.90 Å². The van der Waals surface area contributed by atoms with E-state index in [0.29, 0.717) is 22.2 Å². The minimum absolute atomic E-state index is 0.553. The zero-order valence-electron chi connectivity index (χ0n) is 18.4. The van der Waals surface area contributed by atoms with Crippen LogP contribution in [0.15, 0.2) is 59.1 Å². The lowest BCUT2D eigenvalue weighted by atomic mass is 9.85. The summed E-state index contributed by atoms with van der Waals surface area (Å²) in [6.45, 7) is 4.19. The third kappa shape index (κ3) is 3.82. The van der Waals surface area contributed by atoms with Gasteiger partial charge in [0.2, 0.25) is 0 Å². The number of hydrazine groups is 1. The Balaban J connectivity index is 1.11. The zero-order valence-corrected chi connectivity index (χ0v) is 20.0. The molecule has 0 N–H and O–H groups in total. The van der Waals surface area contributed by atoms with Crippen molar-refractivity contribution in [2.75, 3.05) is 31.1 Å². The number of piperidine rings is 2. The molecule has 2 saturated heterocycles. The molecule has 0 radical (unpaired) electrons. The molecular formula is C26H27ClN4OS. The molecule has 3 aliphatic heterocycles. The fourth-order valence-corrected chi connectivity index (χ4v) is 7.35. The van der Waals surface area contributed by atoms with E-state index in [1.165, 1.54) is 29.7 Å². The average Bonchev–Trinajstić information content (AvgIpc) is 3.43. The van der Waals surface area contributed by atoms with Crippen molar-refractivity contribution >= 4 is 45.4 Å². The van der Waals surface area contributed by atoms with E-state index in [1.54, 1.807) is 0 Å². The van der Waals surface area contributed by atoms with E-state index in [2.05, 4.69) is 63.2 Å². The van der Waals surface area contributed by atoms with Crippen LogP contribution in [0.1, 0.15) is 24.8 Å². The number of nitrogens with zero attached hydrogens (tertiary/aromatic N) is 4. The first-order valence-electron chi connectivity index (χ1n) is 12.0. The second kappa shape index (κ2) is 7.97. The Kier molecular flexibility index (Phi) is 4.89. The maximum absolute atomic E-state index is 6.15. The van der Waals surface area contributed by atoms with Gasteiger partial charge >= 0.3 is 0 Å². The first-order chi connectivity index (χ1) is 16.2. The first kappa shape index (κ1) is 20.2. The van der Waals surface area contributed by atoms with Crippen LogP contribution in [-0.4, -0.2) is 46.6 Å². The number of benzene rings is 2. The maximum atomic E-state index is 6.15. The molecule has 3 aromatic rings. The molecule has 33 heavy (non-hydrogen) atoms. The smallest absolute Gasteiger partial charge is 0.298 e. The molecule has 3 fully saturated rings. The van der Waals surface area contributed by atoms with Crippen molar-refractivity contribution < 1.29 is 4.42 Å². The van der Waals surface area contributed by atoms with Crippen LogP contribution in [0.3, 0.4) is 0 Å². The summed E-state index contributed by atoms with van der Waals surface area (Å²) in [6, 6.07) is 17.3. The Labute approximate surface area is 203 Å². The third-order valence-corrected chi connectivity index (χ3v) is 9.01. The molecule has 5 nitrogen and oxygen atoms in total. The fourth-order valence-electron chi connectivity index (χ4n) is 5.71. The van der Waals surface area contributed by atoms with E-state index < -0.39 is 0 Å². The predicted molar refractivity (Wildman–Crippen MR) is 135 cm³/mol. The minimum atomic E-state index is 0.553. The monoisotopic (exact) mass is 478 g/mol. The van der Waals surface area contributed by atoms with Crippen molar-refractivity contribution in [3.63, 3.8) is 0 Å². The summed E-state index contributed by atoms with van der Waals surface area (Å²) >= 11 is 8.21. The number of anilines is 1. The molecule has 3 unspecified atom stereocenters. The second-order valence-corrected chi connectivity index (χ2v) is 11.5. The lowest BCUT2D eigenvalue weighted by Crippen LogP contribution is -2.57. The van der Waals surface area contributed by atoms with E-state index in [4.69, 9.17) is 21.0 Å². The molecule has 170 valence electrons. The quantitative estimate of drug-likeness (QED) is 0.462. The van der Waals surface area contributed by atoms with Crippen LogP contribution in [0.4, 0.5) is 6.01 Å². The molecule has 0 spiro atoms. The number of hydrogen-bond acceptors (Lipinski definition) is 6.